The normalized spacial score (nSPS) is 20.1. The zero-order valence-electron chi connectivity index (χ0n) is 22.8. The molecular weight excluding hydrogens is 511 g/mol. The number of benzene rings is 1. The second-order valence-corrected chi connectivity index (χ2v) is 10.6. The van der Waals surface area contributed by atoms with Crippen molar-refractivity contribution < 1.29 is 27.5 Å². The molecule has 4 rings (SSSR count). The second kappa shape index (κ2) is 11.5. The second-order valence-electron chi connectivity index (χ2n) is 10.6. The van der Waals surface area contributed by atoms with Crippen LogP contribution in [0.2, 0.25) is 0 Å². The molecular formula is C28H36F3N5O3. The Hall–Kier alpha value is -3.18. The van der Waals surface area contributed by atoms with Crippen molar-refractivity contribution in [1.29, 1.82) is 0 Å². The molecule has 2 amide bonds. The number of likely N-dealkylation sites (tertiary alicyclic amines) is 2. The van der Waals surface area contributed by atoms with Gasteiger partial charge in [-0.1, -0.05) is 6.07 Å². The summed E-state index contributed by atoms with van der Waals surface area (Å²) in [7, 11) is 1.85. The summed E-state index contributed by atoms with van der Waals surface area (Å²) in [4.78, 5) is 33.8. The molecule has 0 radical (unpaired) electrons. The Labute approximate surface area is 226 Å². The minimum Gasteiger partial charge on any atom is -0.493 e. The molecule has 2 aliphatic rings. The molecule has 1 aromatic heterocycles. The molecule has 1 aromatic carbocycles. The molecule has 2 aliphatic heterocycles. The molecule has 2 N–H and O–H groups in total. The Kier molecular flexibility index (Phi) is 8.51. The average Bonchev–Trinajstić information content (AvgIpc) is 3.49. The van der Waals surface area contributed by atoms with Gasteiger partial charge in [0.05, 0.1) is 18.7 Å². The lowest BCUT2D eigenvalue weighted by Crippen LogP contribution is -2.49. The fourth-order valence-corrected chi connectivity index (χ4v) is 5.72. The van der Waals surface area contributed by atoms with Gasteiger partial charge in [-0.2, -0.15) is 13.2 Å². The summed E-state index contributed by atoms with van der Waals surface area (Å²) in [5.74, 6) is 0.166. The van der Waals surface area contributed by atoms with E-state index in [1.165, 1.54) is 5.56 Å². The van der Waals surface area contributed by atoms with Crippen molar-refractivity contribution >= 4 is 11.8 Å². The number of alkyl halides is 3. The summed E-state index contributed by atoms with van der Waals surface area (Å²) in [6, 6.07) is 6.49. The first-order valence-corrected chi connectivity index (χ1v) is 13.2. The van der Waals surface area contributed by atoms with Gasteiger partial charge in [0.15, 0.2) is 0 Å². The van der Waals surface area contributed by atoms with Gasteiger partial charge in [0, 0.05) is 44.0 Å². The van der Waals surface area contributed by atoms with Crippen LogP contribution in [0.4, 0.5) is 13.2 Å². The van der Waals surface area contributed by atoms with Crippen LogP contribution < -0.4 is 10.5 Å². The Balaban J connectivity index is 1.34. The molecule has 0 unspecified atom stereocenters. The molecule has 0 saturated carbocycles. The lowest BCUT2D eigenvalue weighted by molar-refractivity contribution is -0.137. The summed E-state index contributed by atoms with van der Waals surface area (Å²) in [5, 5.41) is 0. The van der Waals surface area contributed by atoms with E-state index in [9.17, 15) is 22.8 Å². The van der Waals surface area contributed by atoms with E-state index >= 15 is 0 Å². The number of hydrogen-bond acceptors (Lipinski definition) is 6. The zero-order chi connectivity index (χ0) is 28.5. The number of piperazine rings is 1. The van der Waals surface area contributed by atoms with Crippen LogP contribution in [0, 0.1) is 13.8 Å². The number of aromatic nitrogens is 1. The number of hydrogen-bond donors (Lipinski definition) is 1. The Morgan fingerprint density at radius 1 is 1.15 bits per heavy atom. The highest BCUT2D eigenvalue weighted by atomic mass is 19.4. The smallest absolute Gasteiger partial charge is 0.417 e. The lowest BCUT2D eigenvalue weighted by Gasteiger charge is -2.38. The number of likely N-dealkylation sites (N-methyl/N-ethyl adjacent to an activating group) is 1. The van der Waals surface area contributed by atoms with Crippen molar-refractivity contribution in [1.82, 2.24) is 19.7 Å². The van der Waals surface area contributed by atoms with Crippen LogP contribution in [-0.4, -0.2) is 83.4 Å². The number of rotatable bonds is 10. The first kappa shape index (κ1) is 28.8. The number of nitrogens with two attached hydrogens (primary N) is 1. The molecule has 3 heterocycles. The fourth-order valence-electron chi connectivity index (χ4n) is 5.72. The Bertz CT molecular complexity index is 1200. The number of primary amides is 1. The molecule has 8 nitrogen and oxygen atoms in total. The predicted molar refractivity (Wildman–Crippen MR) is 140 cm³/mol. The molecule has 3 atom stereocenters. The number of amides is 2. The average molecular weight is 548 g/mol. The number of halogens is 3. The van der Waals surface area contributed by atoms with Gasteiger partial charge in [0.1, 0.15) is 11.4 Å². The lowest BCUT2D eigenvalue weighted by atomic mass is 9.96. The Morgan fingerprint density at radius 3 is 2.49 bits per heavy atom. The molecule has 2 bridgehead atoms. The van der Waals surface area contributed by atoms with Crippen molar-refractivity contribution in [2.24, 2.45) is 5.73 Å². The van der Waals surface area contributed by atoms with Gasteiger partial charge in [-0.05, 0) is 75.5 Å². The number of ether oxygens (including phenoxy) is 1. The topological polar surface area (TPSA) is 92.0 Å². The highest BCUT2D eigenvalue weighted by Crippen LogP contribution is 2.39. The summed E-state index contributed by atoms with van der Waals surface area (Å²) in [6.45, 7) is 9.01. The molecule has 2 aromatic rings. The first-order chi connectivity index (χ1) is 18.4. The minimum absolute atomic E-state index is 0.00532. The number of pyridine rings is 1. The van der Waals surface area contributed by atoms with Crippen LogP contribution in [0.3, 0.4) is 0 Å². The van der Waals surface area contributed by atoms with Crippen molar-refractivity contribution in [3.63, 3.8) is 0 Å². The summed E-state index contributed by atoms with van der Waals surface area (Å²) in [5.41, 5.74) is 7.85. The van der Waals surface area contributed by atoms with Gasteiger partial charge >= 0.3 is 6.18 Å². The Morgan fingerprint density at radius 2 is 1.90 bits per heavy atom. The molecule has 212 valence electrons. The third-order valence-electron chi connectivity index (χ3n) is 7.95. The van der Waals surface area contributed by atoms with Crippen LogP contribution in [0.1, 0.15) is 58.5 Å². The van der Waals surface area contributed by atoms with E-state index in [0.717, 1.165) is 48.0 Å². The van der Waals surface area contributed by atoms with Crippen molar-refractivity contribution in [3.05, 3.63) is 58.4 Å². The molecule has 2 fully saturated rings. The largest absolute Gasteiger partial charge is 0.493 e. The number of carbonyl (C=O) groups excluding carboxylic acids is 2. The van der Waals surface area contributed by atoms with Gasteiger partial charge in [0.2, 0.25) is 5.91 Å². The third-order valence-corrected chi connectivity index (χ3v) is 7.95. The minimum atomic E-state index is -4.48. The fraction of sp³-hybridized carbons (Fsp3) is 0.536. The van der Waals surface area contributed by atoms with Crippen LogP contribution >= 0.6 is 0 Å². The van der Waals surface area contributed by atoms with Crippen LogP contribution in [0.5, 0.6) is 5.75 Å². The van der Waals surface area contributed by atoms with Crippen molar-refractivity contribution in [3.8, 4) is 5.75 Å². The number of carbonyl (C=O) groups is 2. The standard InChI is InChI=1S/C28H36F3N5O3/c1-17-18(2)25(39-11-5-10-34(4)16-26(32)37)9-7-23(17)19(3)35-14-22-12-21(35)15-36(22)27(38)24-8-6-20(13-33-24)28(29,30)31/h6-9,13,19,21-22H,5,10-12,14-16H2,1-4H3,(H2,32,37)/t19-,21-,22-/m0/s1. The predicted octanol–water partition coefficient (Wildman–Crippen LogP) is 3.56. The van der Waals surface area contributed by atoms with Crippen LogP contribution in [-0.2, 0) is 11.0 Å². The molecule has 0 aliphatic carbocycles. The third kappa shape index (κ3) is 6.36. The highest BCUT2D eigenvalue weighted by Gasteiger charge is 2.47. The van der Waals surface area contributed by atoms with Gasteiger partial charge in [0.25, 0.3) is 5.91 Å². The van der Waals surface area contributed by atoms with Crippen LogP contribution in [0.25, 0.3) is 0 Å². The van der Waals surface area contributed by atoms with Gasteiger partial charge in [-0.3, -0.25) is 24.4 Å². The number of nitrogens with zero attached hydrogens (tertiary/aromatic N) is 4. The van der Waals surface area contributed by atoms with Gasteiger partial charge in [-0.15, -0.1) is 0 Å². The van der Waals surface area contributed by atoms with E-state index in [-0.39, 0.29) is 42.2 Å². The monoisotopic (exact) mass is 547 g/mol. The van der Waals surface area contributed by atoms with E-state index in [0.29, 0.717) is 26.2 Å². The van der Waals surface area contributed by atoms with Crippen molar-refractivity contribution in [2.75, 3.05) is 39.8 Å². The van der Waals surface area contributed by atoms with E-state index in [4.69, 9.17) is 10.5 Å². The summed E-state index contributed by atoms with van der Waals surface area (Å²) >= 11 is 0. The zero-order valence-corrected chi connectivity index (χ0v) is 22.8. The molecule has 11 heteroatoms. The number of fused-ring (bicyclic) bond motifs is 2. The van der Waals surface area contributed by atoms with E-state index in [1.54, 1.807) is 4.90 Å². The summed E-state index contributed by atoms with van der Waals surface area (Å²) < 4.78 is 44.6. The van der Waals surface area contributed by atoms with Gasteiger partial charge < -0.3 is 15.4 Å². The van der Waals surface area contributed by atoms with E-state index in [2.05, 4.69) is 29.8 Å². The molecule has 0 spiro atoms. The maximum absolute atomic E-state index is 13.0. The highest BCUT2D eigenvalue weighted by molar-refractivity contribution is 5.93. The SMILES string of the molecule is Cc1c(OCCCN(C)CC(N)=O)ccc([C@H](C)N2C[C@@H]3C[C@H]2CN3C(=O)c2ccc(C(F)(F)F)cn2)c1C. The van der Waals surface area contributed by atoms with Crippen molar-refractivity contribution in [2.45, 2.75) is 57.9 Å². The van der Waals surface area contributed by atoms with Crippen LogP contribution in [0.15, 0.2) is 30.5 Å². The maximum Gasteiger partial charge on any atom is 0.417 e. The van der Waals surface area contributed by atoms with E-state index < -0.39 is 11.7 Å². The van der Waals surface area contributed by atoms with Gasteiger partial charge in [-0.25, -0.2) is 0 Å². The first-order valence-electron chi connectivity index (χ1n) is 13.2. The molecule has 2 saturated heterocycles. The molecule has 39 heavy (non-hydrogen) atoms. The van der Waals surface area contributed by atoms with E-state index in [1.807, 2.05) is 24.9 Å². The summed E-state index contributed by atoms with van der Waals surface area (Å²) in [6.07, 6.45) is -2.16. The maximum atomic E-state index is 13.0. The quantitative estimate of drug-likeness (QED) is 0.458.